The number of anilines is 1. The molecule has 0 spiro atoms. The summed E-state index contributed by atoms with van der Waals surface area (Å²) in [5, 5.41) is 19.8. The van der Waals surface area contributed by atoms with E-state index in [4.69, 9.17) is 9.52 Å². The van der Waals surface area contributed by atoms with Gasteiger partial charge in [0, 0.05) is 25.1 Å². The summed E-state index contributed by atoms with van der Waals surface area (Å²) < 4.78 is 5.43. The molecule has 0 radical (unpaired) electrons. The average Bonchev–Trinajstić information content (AvgIpc) is 2.83. The van der Waals surface area contributed by atoms with Gasteiger partial charge in [-0.3, -0.25) is 4.79 Å². The normalized spacial score (nSPS) is 12.1. The highest BCUT2D eigenvalue weighted by molar-refractivity contribution is 5.72. The summed E-state index contributed by atoms with van der Waals surface area (Å²) in [6.07, 6.45) is 0.683. The molecule has 1 heterocycles. The highest BCUT2D eigenvalue weighted by atomic mass is 16.4. The van der Waals surface area contributed by atoms with Crippen LogP contribution in [-0.4, -0.2) is 27.3 Å². The standard InChI is InChI=1S/C14H17N3O3/c1-9(7-8-13(18)19)15-12-6-4-3-5-11(12)14-17-16-10(2)20-14/h3-6,9,15H,7-8H2,1-2H3,(H,18,19). The topological polar surface area (TPSA) is 88.2 Å². The van der Waals surface area contributed by atoms with Gasteiger partial charge in [-0.15, -0.1) is 10.2 Å². The number of nitrogens with one attached hydrogen (secondary N) is 1. The molecular weight excluding hydrogens is 258 g/mol. The van der Waals surface area contributed by atoms with Crippen molar-refractivity contribution in [3.05, 3.63) is 30.2 Å². The van der Waals surface area contributed by atoms with Gasteiger partial charge in [-0.05, 0) is 25.5 Å². The predicted molar refractivity (Wildman–Crippen MR) is 74.4 cm³/mol. The average molecular weight is 275 g/mol. The van der Waals surface area contributed by atoms with Crippen LogP contribution in [0, 0.1) is 6.92 Å². The van der Waals surface area contributed by atoms with E-state index >= 15 is 0 Å². The van der Waals surface area contributed by atoms with Gasteiger partial charge >= 0.3 is 5.97 Å². The molecule has 0 aliphatic carbocycles. The van der Waals surface area contributed by atoms with E-state index in [-0.39, 0.29) is 12.5 Å². The van der Waals surface area contributed by atoms with E-state index in [1.807, 2.05) is 31.2 Å². The van der Waals surface area contributed by atoms with Crippen LogP contribution in [0.2, 0.25) is 0 Å². The largest absolute Gasteiger partial charge is 0.481 e. The molecule has 1 aromatic heterocycles. The molecule has 2 rings (SSSR count). The Labute approximate surface area is 116 Å². The zero-order chi connectivity index (χ0) is 14.5. The van der Waals surface area contributed by atoms with Gasteiger partial charge in [0.15, 0.2) is 0 Å². The van der Waals surface area contributed by atoms with Crippen LogP contribution in [-0.2, 0) is 4.79 Å². The van der Waals surface area contributed by atoms with Gasteiger partial charge in [0.2, 0.25) is 11.8 Å². The van der Waals surface area contributed by atoms with E-state index in [1.165, 1.54) is 0 Å². The third-order valence-electron chi connectivity index (χ3n) is 2.88. The van der Waals surface area contributed by atoms with E-state index in [0.717, 1.165) is 11.3 Å². The number of aliphatic carboxylic acids is 1. The number of benzene rings is 1. The molecule has 106 valence electrons. The van der Waals surface area contributed by atoms with Crippen molar-refractivity contribution in [2.24, 2.45) is 0 Å². The fourth-order valence-electron chi connectivity index (χ4n) is 1.88. The molecule has 2 aromatic rings. The van der Waals surface area contributed by atoms with Crippen LogP contribution in [0.4, 0.5) is 5.69 Å². The van der Waals surface area contributed by atoms with Crippen LogP contribution in [0.15, 0.2) is 28.7 Å². The third kappa shape index (κ3) is 3.57. The Morgan fingerprint density at radius 1 is 1.40 bits per heavy atom. The number of para-hydroxylation sites is 1. The van der Waals surface area contributed by atoms with Gasteiger partial charge in [-0.2, -0.15) is 0 Å². The Hall–Kier alpha value is -2.37. The van der Waals surface area contributed by atoms with Crippen molar-refractivity contribution in [3.63, 3.8) is 0 Å². The SMILES string of the molecule is Cc1nnc(-c2ccccc2NC(C)CCC(=O)O)o1. The van der Waals surface area contributed by atoms with Crippen molar-refractivity contribution in [3.8, 4) is 11.5 Å². The number of nitrogens with zero attached hydrogens (tertiary/aromatic N) is 2. The van der Waals surface area contributed by atoms with Crippen molar-refractivity contribution >= 4 is 11.7 Å². The zero-order valence-corrected chi connectivity index (χ0v) is 11.5. The minimum atomic E-state index is -0.792. The molecule has 0 bridgehead atoms. The Bertz CT molecular complexity index is 595. The van der Waals surface area contributed by atoms with Crippen molar-refractivity contribution in [1.29, 1.82) is 0 Å². The van der Waals surface area contributed by atoms with Crippen molar-refractivity contribution in [2.45, 2.75) is 32.7 Å². The van der Waals surface area contributed by atoms with Crippen LogP contribution in [0.1, 0.15) is 25.7 Å². The van der Waals surface area contributed by atoms with E-state index in [2.05, 4.69) is 15.5 Å². The summed E-state index contributed by atoms with van der Waals surface area (Å²) in [6.45, 7) is 3.68. The van der Waals surface area contributed by atoms with Crippen LogP contribution < -0.4 is 5.32 Å². The van der Waals surface area contributed by atoms with Crippen molar-refractivity contribution in [2.75, 3.05) is 5.32 Å². The van der Waals surface area contributed by atoms with Crippen LogP contribution in [0.5, 0.6) is 0 Å². The van der Waals surface area contributed by atoms with Crippen LogP contribution in [0.25, 0.3) is 11.5 Å². The second-order valence-corrected chi connectivity index (χ2v) is 4.65. The first kappa shape index (κ1) is 14.0. The highest BCUT2D eigenvalue weighted by Crippen LogP contribution is 2.27. The Balaban J connectivity index is 2.14. The number of aryl methyl sites for hydroxylation is 1. The lowest BCUT2D eigenvalue weighted by molar-refractivity contribution is -0.137. The molecule has 6 nitrogen and oxygen atoms in total. The number of carbonyl (C=O) groups is 1. The maximum Gasteiger partial charge on any atom is 0.303 e. The molecule has 1 atom stereocenters. The minimum absolute atomic E-state index is 0.0382. The number of hydrogen-bond donors (Lipinski definition) is 2. The monoisotopic (exact) mass is 275 g/mol. The summed E-state index contributed by atoms with van der Waals surface area (Å²) >= 11 is 0. The number of aromatic nitrogens is 2. The van der Waals surface area contributed by atoms with Crippen molar-refractivity contribution in [1.82, 2.24) is 10.2 Å². The molecule has 6 heteroatoms. The first-order valence-electron chi connectivity index (χ1n) is 6.44. The lowest BCUT2D eigenvalue weighted by Crippen LogP contribution is -2.17. The molecule has 0 saturated carbocycles. The molecule has 1 unspecified atom stereocenters. The van der Waals surface area contributed by atoms with Gasteiger partial charge in [-0.1, -0.05) is 12.1 Å². The molecule has 0 amide bonds. The fourth-order valence-corrected chi connectivity index (χ4v) is 1.88. The summed E-state index contributed by atoms with van der Waals surface area (Å²) in [5.41, 5.74) is 1.67. The van der Waals surface area contributed by atoms with Gasteiger partial charge < -0.3 is 14.8 Å². The Morgan fingerprint density at radius 3 is 2.80 bits per heavy atom. The third-order valence-corrected chi connectivity index (χ3v) is 2.88. The maximum atomic E-state index is 10.6. The lowest BCUT2D eigenvalue weighted by Gasteiger charge is -2.16. The molecule has 20 heavy (non-hydrogen) atoms. The van der Waals surface area contributed by atoms with E-state index in [9.17, 15) is 4.79 Å². The molecular formula is C14H17N3O3. The van der Waals surface area contributed by atoms with Gasteiger partial charge in [-0.25, -0.2) is 0 Å². The van der Waals surface area contributed by atoms with Crippen LogP contribution >= 0.6 is 0 Å². The highest BCUT2D eigenvalue weighted by Gasteiger charge is 2.13. The number of carboxylic acids is 1. The predicted octanol–water partition coefficient (Wildman–Crippen LogP) is 2.71. The second-order valence-electron chi connectivity index (χ2n) is 4.65. The van der Waals surface area contributed by atoms with Gasteiger partial charge in [0.25, 0.3) is 0 Å². The fraction of sp³-hybridized carbons (Fsp3) is 0.357. The van der Waals surface area contributed by atoms with Gasteiger partial charge in [0.05, 0.1) is 5.56 Å². The van der Waals surface area contributed by atoms with E-state index in [1.54, 1.807) is 6.92 Å². The smallest absolute Gasteiger partial charge is 0.303 e. The Morgan fingerprint density at radius 2 is 2.15 bits per heavy atom. The molecule has 1 aromatic carbocycles. The number of hydrogen-bond acceptors (Lipinski definition) is 5. The van der Waals surface area contributed by atoms with Crippen LogP contribution in [0.3, 0.4) is 0 Å². The zero-order valence-electron chi connectivity index (χ0n) is 11.5. The summed E-state index contributed by atoms with van der Waals surface area (Å²) in [6, 6.07) is 7.63. The quantitative estimate of drug-likeness (QED) is 0.842. The molecule has 0 saturated heterocycles. The molecule has 0 aliphatic rings. The molecule has 0 aliphatic heterocycles. The lowest BCUT2D eigenvalue weighted by atomic mass is 10.1. The summed E-state index contributed by atoms with van der Waals surface area (Å²) in [7, 11) is 0. The first-order valence-corrected chi connectivity index (χ1v) is 6.44. The minimum Gasteiger partial charge on any atom is -0.481 e. The Kier molecular flexibility index (Phi) is 4.34. The van der Waals surface area contributed by atoms with E-state index < -0.39 is 5.97 Å². The van der Waals surface area contributed by atoms with Gasteiger partial charge in [0.1, 0.15) is 0 Å². The first-order chi connectivity index (χ1) is 9.56. The summed E-state index contributed by atoms with van der Waals surface area (Å²) in [5.74, 6) is 0.171. The number of carboxylic acid groups (broad SMARTS) is 1. The summed E-state index contributed by atoms with van der Waals surface area (Å²) in [4.78, 5) is 10.6. The second kappa shape index (κ2) is 6.18. The van der Waals surface area contributed by atoms with Crippen molar-refractivity contribution < 1.29 is 14.3 Å². The molecule has 0 fully saturated rings. The molecule has 2 N–H and O–H groups in total. The maximum absolute atomic E-state index is 10.6. The van der Waals surface area contributed by atoms with E-state index in [0.29, 0.717) is 18.2 Å². The number of rotatable bonds is 6.